The molecule has 13 heavy (non-hydrogen) atoms. The molecule has 1 unspecified atom stereocenters. The Morgan fingerprint density at radius 2 is 2.08 bits per heavy atom. The zero-order valence-electron chi connectivity index (χ0n) is 8.71. The van der Waals surface area contributed by atoms with Crippen LogP contribution in [0.1, 0.15) is 39.5 Å². The molecule has 2 aliphatic carbocycles. The summed E-state index contributed by atoms with van der Waals surface area (Å²) < 4.78 is 0. The molecule has 0 saturated heterocycles. The fraction of sp³-hybridized carbons (Fsp3) is 1.00. The van der Waals surface area contributed by atoms with E-state index in [1.54, 1.807) is 0 Å². The van der Waals surface area contributed by atoms with Gasteiger partial charge in [0.25, 0.3) is 0 Å². The van der Waals surface area contributed by atoms with Gasteiger partial charge >= 0.3 is 0 Å². The van der Waals surface area contributed by atoms with Crippen molar-refractivity contribution in [2.45, 2.75) is 51.7 Å². The molecule has 2 nitrogen and oxygen atoms in total. The Morgan fingerprint density at radius 3 is 2.54 bits per heavy atom. The molecule has 0 bridgehead atoms. The van der Waals surface area contributed by atoms with E-state index in [1.165, 1.54) is 12.8 Å². The number of hydrogen-bond donors (Lipinski definition) is 2. The molecule has 2 heteroatoms. The molecule has 2 N–H and O–H groups in total. The van der Waals surface area contributed by atoms with Crippen LogP contribution in [-0.4, -0.2) is 23.8 Å². The second-order valence-corrected chi connectivity index (χ2v) is 5.40. The molecule has 2 aliphatic rings. The highest BCUT2D eigenvalue weighted by Crippen LogP contribution is 2.51. The molecule has 0 aromatic carbocycles. The highest BCUT2D eigenvalue weighted by atomic mass is 16.3. The molecule has 0 radical (unpaired) electrons. The second kappa shape index (κ2) is 3.25. The zero-order valence-corrected chi connectivity index (χ0v) is 8.71. The fourth-order valence-electron chi connectivity index (χ4n) is 2.40. The lowest BCUT2D eigenvalue weighted by molar-refractivity contribution is 0.148. The number of aliphatic hydroxyl groups is 1. The fourth-order valence-corrected chi connectivity index (χ4v) is 2.40. The van der Waals surface area contributed by atoms with Crippen molar-refractivity contribution in [1.29, 1.82) is 0 Å². The van der Waals surface area contributed by atoms with E-state index in [1.807, 2.05) is 0 Å². The number of aliphatic hydroxyl groups excluding tert-OH is 1. The van der Waals surface area contributed by atoms with Gasteiger partial charge in [-0.05, 0) is 43.6 Å². The first-order valence-electron chi connectivity index (χ1n) is 5.51. The van der Waals surface area contributed by atoms with Gasteiger partial charge in [-0.15, -0.1) is 0 Å². The highest BCUT2D eigenvalue weighted by molar-refractivity contribution is 4.97. The van der Waals surface area contributed by atoms with Crippen LogP contribution in [0, 0.1) is 11.3 Å². The minimum atomic E-state index is -0.0816. The zero-order chi connectivity index (χ0) is 9.47. The van der Waals surface area contributed by atoms with Gasteiger partial charge in [0.05, 0.1) is 6.10 Å². The lowest BCUT2D eigenvalue weighted by Gasteiger charge is -2.16. The van der Waals surface area contributed by atoms with Crippen molar-refractivity contribution >= 4 is 0 Å². The topological polar surface area (TPSA) is 32.3 Å². The van der Waals surface area contributed by atoms with Gasteiger partial charge in [0.15, 0.2) is 0 Å². The molecule has 2 fully saturated rings. The van der Waals surface area contributed by atoms with Crippen LogP contribution in [0.3, 0.4) is 0 Å². The van der Waals surface area contributed by atoms with E-state index < -0.39 is 0 Å². The van der Waals surface area contributed by atoms with Gasteiger partial charge in [0.1, 0.15) is 0 Å². The van der Waals surface area contributed by atoms with E-state index in [9.17, 15) is 5.11 Å². The smallest absolute Gasteiger partial charge is 0.0693 e. The highest BCUT2D eigenvalue weighted by Gasteiger charge is 2.45. The van der Waals surface area contributed by atoms with Crippen molar-refractivity contribution in [2.24, 2.45) is 11.3 Å². The quantitative estimate of drug-likeness (QED) is 0.695. The first-order valence-corrected chi connectivity index (χ1v) is 5.51. The Balaban J connectivity index is 1.68. The minimum absolute atomic E-state index is 0.0816. The summed E-state index contributed by atoms with van der Waals surface area (Å²) in [5.41, 5.74) is 0.566. The van der Waals surface area contributed by atoms with Gasteiger partial charge in [-0.25, -0.2) is 0 Å². The normalized spacial score (nSPS) is 42.2. The Labute approximate surface area is 80.7 Å². The van der Waals surface area contributed by atoms with E-state index in [0.29, 0.717) is 11.5 Å². The molecule has 2 saturated carbocycles. The van der Waals surface area contributed by atoms with Crippen LogP contribution >= 0.6 is 0 Å². The van der Waals surface area contributed by atoms with Crippen LogP contribution in [-0.2, 0) is 0 Å². The molecule has 0 aromatic heterocycles. The summed E-state index contributed by atoms with van der Waals surface area (Å²) in [6, 6.07) is 0.386. The molecule has 0 aliphatic heterocycles. The predicted octanol–water partition coefficient (Wildman–Crippen LogP) is 1.54. The van der Waals surface area contributed by atoms with E-state index >= 15 is 0 Å². The molecule has 76 valence electrons. The van der Waals surface area contributed by atoms with Crippen molar-refractivity contribution in [3.63, 3.8) is 0 Å². The van der Waals surface area contributed by atoms with Crippen LogP contribution in [0.15, 0.2) is 0 Å². The van der Waals surface area contributed by atoms with Crippen LogP contribution in [0.4, 0.5) is 0 Å². The second-order valence-electron chi connectivity index (χ2n) is 5.40. The summed E-state index contributed by atoms with van der Waals surface area (Å²) in [7, 11) is 0. The van der Waals surface area contributed by atoms with Crippen molar-refractivity contribution in [2.75, 3.05) is 6.54 Å². The first-order chi connectivity index (χ1) is 6.09. The Morgan fingerprint density at radius 1 is 1.38 bits per heavy atom. The summed E-state index contributed by atoms with van der Waals surface area (Å²) in [5, 5.41) is 13.1. The van der Waals surface area contributed by atoms with Crippen LogP contribution < -0.4 is 5.32 Å². The molecule has 0 amide bonds. The molecular formula is C11H21NO. The molecule has 0 spiro atoms. The maximum Gasteiger partial charge on any atom is 0.0693 e. The third-order valence-corrected chi connectivity index (χ3v) is 3.82. The Hall–Kier alpha value is -0.0800. The van der Waals surface area contributed by atoms with Crippen molar-refractivity contribution in [1.82, 2.24) is 5.32 Å². The third kappa shape index (κ3) is 2.05. The average molecular weight is 183 g/mol. The summed E-state index contributed by atoms with van der Waals surface area (Å²) in [6.07, 6.45) is 4.61. The summed E-state index contributed by atoms with van der Waals surface area (Å²) in [4.78, 5) is 0. The Kier molecular flexibility index (Phi) is 2.37. The number of rotatable bonds is 3. The molecule has 0 heterocycles. The van der Waals surface area contributed by atoms with Crippen LogP contribution in [0.5, 0.6) is 0 Å². The SMILES string of the molecule is CC1(C)CC1CN[C@H]1CCC[C@@H]1O. The monoisotopic (exact) mass is 183 g/mol. The maximum atomic E-state index is 9.59. The largest absolute Gasteiger partial charge is 0.392 e. The number of hydrogen-bond acceptors (Lipinski definition) is 2. The summed E-state index contributed by atoms with van der Waals surface area (Å²) in [5.74, 6) is 0.847. The van der Waals surface area contributed by atoms with Crippen LogP contribution in [0.2, 0.25) is 0 Å². The predicted molar refractivity (Wildman–Crippen MR) is 53.5 cm³/mol. The van der Waals surface area contributed by atoms with Gasteiger partial charge < -0.3 is 10.4 Å². The lowest BCUT2D eigenvalue weighted by atomic mass is 10.1. The minimum Gasteiger partial charge on any atom is -0.392 e. The molecule has 3 atom stereocenters. The van der Waals surface area contributed by atoms with Crippen molar-refractivity contribution in [3.05, 3.63) is 0 Å². The average Bonchev–Trinajstić information content (AvgIpc) is 2.47. The van der Waals surface area contributed by atoms with Gasteiger partial charge in [-0.1, -0.05) is 13.8 Å². The maximum absolute atomic E-state index is 9.59. The number of nitrogens with one attached hydrogen (secondary N) is 1. The molecular weight excluding hydrogens is 162 g/mol. The molecule has 0 aromatic rings. The van der Waals surface area contributed by atoms with Gasteiger partial charge in [0.2, 0.25) is 0 Å². The van der Waals surface area contributed by atoms with E-state index in [4.69, 9.17) is 0 Å². The van der Waals surface area contributed by atoms with E-state index in [0.717, 1.165) is 25.3 Å². The van der Waals surface area contributed by atoms with Crippen molar-refractivity contribution in [3.8, 4) is 0 Å². The van der Waals surface area contributed by atoms with E-state index in [2.05, 4.69) is 19.2 Å². The Bertz CT molecular complexity index is 191. The summed E-state index contributed by atoms with van der Waals surface area (Å²) in [6.45, 7) is 5.75. The lowest BCUT2D eigenvalue weighted by Crippen LogP contribution is -2.37. The summed E-state index contributed by atoms with van der Waals surface area (Å²) >= 11 is 0. The standard InChI is InChI=1S/C11H21NO/c1-11(2)6-8(11)7-12-9-4-3-5-10(9)13/h8-10,12-13H,3-7H2,1-2H3/t8?,9-,10-/m0/s1. The van der Waals surface area contributed by atoms with Gasteiger partial charge in [-0.3, -0.25) is 0 Å². The van der Waals surface area contributed by atoms with E-state index in [-0.39, 0.29) is 6.10 Å². The molecule has 2 rings (SSSR count). The van der Waals surface area contributed by atoms with Crippen molar-refractivity contribution < 1.29 is 5.11 Å². The third-order valence-electron chi connectivity index (χ3n) is 3.82. The van der Waals surface area contributed by atoms with Gasteiger partial charge in [0, 0.05) is 6.04 Å². The van der Waals surface area contributed by atoms with Gasteiger partial charge in [-0.2, -0.15) is 0 Å². The van der Waals surface area contributed by atoms with Crippen LogP contribution in [0.25, 0.3) is 0 Å². The first kappa shape index (κ1) is 9.47.